The van der Waals surface area contributed by atoms with Crippen LogP contribution >= 0.6 is 11.8 Å². The summed E-state index contributed by atoms with van der Waals surface area (Å²) in [5.41, 5.74) is 3.39. The van der Waals surface area contributed by atoms with E-state index in [4.69, 9.17) is 4.74 Å². The summed E-state index contributed by atoms with van der Waals surface area (Å²) >= 11 is 1.33. The molecule has 0 bridgehead atoms. The Kier molecular flexibility index (Phi) is 6.22. The number of ether oxygens (including phenoxy) is 1. The number of para-hydroxylation sites is 1. The molecular weight excluding hydrogens is 446 g/mol. The number of thioether (sulfide) groups is 1. The molecule has 0 unspecified atom stereocenters. The second-order valence-corrected chi connectivity index (χ2v) is 8.36. The van der Waals surface area contributed by atoms with Gasteiger partial charge < -0.3 is 10.1 Å². The van der Waals surface area contributed by atoms with Gasteiger partial charge in [0.15, 0.2) is 11.0 Å². The molecule has 2 heterocycles. The summed E-state index contributed by atoms with van der Waals surface area (Å²) in [6.45, 7) is 0. The zero-order chi connectivity index (χ0) is 23.3. The van der Waals surface area contributed by atoms with Crippen molar-refractivity contribution in [3.63, 3.8) is 0 Å². The smallest absolute Gasteiger partial charge is 0.234 e. The van der Waals surface area contributed by atoms with Gasteiger partial charge in [-0.25, -0.2) is 0 Å². The van der Waals surface area contributed by atoms with Gasteiger partial charge in [-0.15, -0.1) is 10.2 Å². The second kappa shape index (κ2) is 9.76. The van der Waals surface area contributed by atoms with Crippen molar-refractivity contribution < 1.29 is 9.53 Å². The van der Waals surface area contributed by atoms with Crippen molar-refractivity contribution in [3.05, 3.63) is 91.1 Å². The van der Waals surface area contributed by atoms with E-state index < -0.39 is 0 Å². The molecule has 1 N–H and O–H groups in total. The predicted octanol–water partition coefficient (Wildman–Crippen LogP) is 5.22. The average Bonchev–Trinajstić information content (AvgIpc) is 3.32. The number of amides is 1. The summed E-state index contributed by atoms with van der Waals surface area (Å²) in [4.78, 5) is 17.1. The monoisotopic (exact) mass is 467 g/mol. The summed E-state index contributed by atoms with van der Waals surface area (Å²) < 4.78 is 7.23. The zero-order valence-corrected chi connectivity index (χ0v) is 19.2. The van der Waals surface area contributed by atoms with Gasteiger partial charge in [0, 0.05) is 22.8 Å². The molecule has 5 rings (SSSR count). The van der Waals surface area contributed by atoms with Crippen LogP contribution in [0.5, 0.6) is 5.75 Å². The van der Waals surface area contributed by atoms with E-state index in [0.717, 1.165) is 33.6 Å². The van der Waals surface area contributed by atoms with Gasteiger partial charge in [-0.2, -0.15) is 0 Å². The summed E-state index contributed by atoms with van der Waals surface area (Å²) in [6, 6.07) is 27.0. The fourth-order valence-electron chi connectivity index (χ4n) is 3.63. The number of carbonyl (C=O) groups is 1. The van der Waals surface area contributed by atoms with Gasteiger partial charge in [0.05, 0.1) is 24.1 Å². The van der Waals surface area contributed by atoms with Crippen molar-refractivity contribution in [2.24, 2.45) is 0 Å². The molecule has 0 aliphatic heterocycles. The van der Waals surface area contributed by atoms with E-state index in [9.17, 15) is 4.79 Å². The molecule has 34 heavy (non-hydrogen) atoms. The van der Waals surface area contributed by atoms with Gasteiger partial charge in [-0.3, -0.25) is 14.3 Å². The number of hydrogen-bond acceptors (Lipinski definition) is 6. The minimum absolute atomic E-state index is 0.130. The molecule has 0 saturated carbocycles. The molecule has 0 aliphatic carbocycles. The van der Waals surface area contributed by atoms with Gasteiger partial charge in [0.25, 0.3) is 0 Å². The van der Waals surface area contributed by atoms with E-state index in [1.54, 1.807) is 13.3 Å². The Morgan fingerprint density at radius 3 is 2.56 bits per heavy atom. The summed E-state index contributed by atoms with van der Waals surface area (Å²) in [7, 11) is 1.63. The third kappa shape index (κ3) is 4.49. The van der Waals surface area contributed by atoms with Crippen LogP contribution in [-0.2, 0) is 4.79 Å². The second-order valence-electron chi connectivity index (χ2n) is 7.42. The van der Waals surface area contributed by atoms with E-state index in [2.05, 4.69) is 20.5 Å². The molecule has 7 nitrogen and oxygen atoms in total. The lowest BCUT2D eigenvalue weighted by atomic mass is 10.2. The number of anilines is 1. The van der Waals surface area contributed by atoms with Crippen LogP contribution in [-0.4, -0.2) is 38.5 Å². The molecule has 0 atom stereocenters. The number of aromatic nitrogens is 4. The first-order valence-electron chi connectivity index (χ1n) is 10.6. The Morgan fingerprint density at radius 2 is 1.76 bits per heavy atom. The van der Waals surface area contributed by atoms with Crippen molar-refractivity contribution in [2.45, 2.75) is 5.16 Å². The average molecular weight is 468 g/mol. The van der Waals surface area contributed by atoms with E-state index in [0.29, 0.717) is 11.0 Å². The Labute approximate surface area is 200 Å². The fraction of sp³-hybridized carbons (Fsp3) is 0.0769. The van der Waals surface area contributed by atoms with Crippen molar-refractivity contribution in [1.29, 1.82) is 0 Å². The molecule has 0 saturated heterocycles. The zero-order valence-electron chi connectivity index (χ0n) is 18.4. The van der Waals surface area contributed by atoms with Crippen LogP contribution in [0.4, 0.5) is 5.69 Å². The van der Waals surface area contributed by atoms with Crippen molar-refractivity contribution >= 4 is 34.3 Å². The van der Waals surface area contributed by atoms with Gasteiger partial charge in [-0.1, -0.05) is 36.0 Å². The van der Waals surface area contributed by atoms with Crippen molar-refractivity contribution in [2.75, 3.05) is 18.2 Å². The Morgan fingerprint density at radius 1 is 0.941 bits per heavy atom. The molecule has 168 valence electrons. The normalized spacial score (nSPS) is 10.9. The number of rotatable bonds is 7. The predicted molar refractivity (Wildman–Crippen MR) is 134 cm³/mol. The number of nitrogens with zero attached hydrogens (tertiary/aromatic N) is 4. The maximum Gasteiger partial charge on any atom is 0.234 e. The first-order chi connectivity index (χ1) is 16.7. The molecule has 2 aromatic heterocycles. The highest BCUT2D eigenvalue weighted by Crippen LogP contribution is 2.29. The molecular formula is C26H21N5O2S. The molecule has 0 aliphatic rings. The number of fused-ring (bicyclic) bond motifs is 1. The van der Waals surface area contributed by atoms with Gasteiger partial charge >= 0.3 is 0 Å². The number of methoxy groups -OCH3 is 1. The highest BCUT2D eigenvalue weighted by molar-refractivity contribution is 7.99. The van der Waals surface area contributed by atoms with Crippen LogP contribution in [0.25, 0.3) is 28.0 Å². The molecule has 0 radical (unpaired) electrons. The van der Waals surface area contributed by atoms with Crippen LogP contribution < -0.4 is 10.1 Å². The van der Waals surface area contributed by atoms with Crippen LogP contribution in [0.1, 0.15) is 0 Å². The van der Waals surface area contributed by atoms with Gasteiger partial charge in [-0.05, 0) is 60.7 Å². The maximum atomic E-state index is 12.8. The summed E-state index contributed by atoms with van der Waals surface area (Å²) in [6.07, 6.45) is 1.74. The molecule has 0 fully saturated rings. The maximum absolute atomic E-state index is 12.8. The van der Waals surface area contributed by atoms with Gasteiger partial charge in [0.1, 0.15) is 5.75 Å². The van der Waals surface area contributed by atoms with Crippen LogP contribution in [0.3, 0.4) is 0 Å². The van der Waals surface area contributed by atoms with E-state index in [-0.39, 0.29) is 11.7 Å². The fourth-order valence-corrected chi connectivity index (χ4v) is 4.38. The first kappa shape index (κ1) is 21.7. The highest BCUT2D eigenvalue weighted by Gasteiger charge is 2.17. The van der Waals surface area contributed by atoms with Crippen molar-refractivity contribution in [1.82, 2.24) is 19.7 Å². The third-order valence-corrected chi connectivity index (χ3v) is 6.18. The highest BCUT2D eigenvalue weighted by atomic mass is 32.2. The number of carbonyl (C=O) groups excluding carboxylic acids is 1. The van der Waals surface area contributed by atoms with E-state index in [1.165, 1.54) is 11.8 Å². The van der Waals surface area contributed by atoms with Gasteiger partial charge in [0.2, 0.25) is 5.91 Å². The Hall–Kier alpha value is -4.17. The molecule has 3 aromatic carbocycles. The number of nitrogens with one attached hydrogen (secondary N) is 1. The van der Waals surface area contributed by atoms with E-state index >= 15 is 0 Å². The standard InChI is InChI=1S/C26H21N5O2S/c1-33-20-14-12-18(13-15-20)25-29-30-26(31(25)19-7-3-2-4-8-19)34-17-24(32)28-23-11-5-10-22-21(23)9-6-16-27-22/h2-16H,17H2,1H3,(H,28,32). The first-order valence-corrected chi connectivity index (χ1v) is 11.6. The topological polar surface area (TPSA) is 81.9 Å². The number of pyridine rings is 1. The van der Waals surface area contributed by atoms with Crippen LogP contribution in [0.2, 0.25) is 0 Å². The number of hydrogen-bond donors (Lipinski definition) is 1. The lowest BCUT2D eigenvalue weighted by Crippen LogP contribution is -2.15. The van der Waals surface area contributed by atoms with Crippen molar-refractivity contribution in [3.8, 4) is 22.8 Å². The largest absolute Gasteiger partial charge is 0.497 e. The third-order valence-electron chi connectivity index (χ3n) is 5.25. The lowest BCUT2D eigenvalue weighted by molar-refractivity contribution is -0.113. The summed E-state index contributed by atoms with van der Waals surface area (Å²) in [5.74, 6) is 1.51. The van der Waals surface area contributed by atoms with Crippen LogP contribution in [0.15, 0.2) is 96.3 Å². The Bertz CT molecular complexity index is 1430. The molecule has 0 spiro atoms. The quantitative estimate of drug-likeness (QED) is 0.331. The molecule has 1 amide bonds. The van der Waals surface area contributed by atoms with Crippen LogP contribution in [0, 0.1) is 0 Å². The minimum Gasteiger partial charge on any atom is -0.497 e. The summed E-state index contributed by atoms with van der Waals surface area (Å²) in [5, 5.41) is 13.4. The molecule has 5 aromatic rings. The lowest BCUT2D eigenvalue weighted by Gasteiger charge is -2.11. The molecule has 8 heteroatoms. The van der Waals surface area contributed by atoms with E-state index in [1.807, 2.05) is 89.5 Å². The Balaban J connectivity index is 1.40. The number of benzene rings is 3. The SMILES string of the molecule is COc1ccc(-c2nnc(SCC(=O)Nc3cccc4ncccc34)n2-c2ccccc2)cc1. The minimum atomic E-state index is -0.130.